The maximum absolute atomic E-state index is 3.69. The predicted octanol–water partition coefficient (Wildman–Crippen LogP) is 2.10. The Morgan fingerprint density at radius 2 is 2.07 bits per heavy atom. The van der Waals surface area contributed by atoms with Crippen LogP contribution in [0.5, 0.6) is 0 Å². The first-order valence-electron chi connectivity index (χ1n) is 6.68. The summed E-state index contributed by atoms with van der Waals surface area (Å²) in [6.07, 6.45) is 4.06. The molecule has 0 bridgehead atoms. The minimum atomic E-state index is 0.754. The van der Waals surface area contributed by atoms with Gasteiger partial charge in [0.25, 0.3) is 0 Å². The summed E-state index contributed by atoms with van der Waals surface area (Å²) >= 11 is 0. The molecule has 0 amide bonds. The smallest absolute Gasteiger partial charge is 0.0125 e. The third-order valence-electron chi connectivity index (χ3n) is 4.09. The number of hydrogen-bond donors (Lipinski definition) is 1. The second kappa shape index (κ2) is 4.84. The lowest BCUT2D eigenvalue weighted by Crippen LogP contribution is -2.44. The van der Waals surface area contributed by atoms with Gasteiger partial charge in [-0.15, -0.1) is 0 Å². The minimum Gasteiger partial charge on any atom is -0.314 e. The number of nitrogens with one attached hydrogen (secondary N) is 1. The molecule has 4 unspecified atom stereocenters. The van der Waals surface area contributed by atoms with E-state index >= 15 is 0 Å². The van der Waals surface area contributed by atoms with Gasteiger partial charge in [0.15, 0.2) is 0 Å². The number of rotatable bonds is 2. The fourth-order valence-corrected chi connectivity index (χ4v) is 2.81. The van der Waals surface area contributed by atoms with E-state index in [-0.39, 0.29) is 0 Å². The van der Waals surface area contributed by atoms with E-state index in [1.54, 1.807) is 0 Å². The van der Waals surface area contributed by atoms with E-state index in [0.29, 0.717) is 0 Å². The number of nitrogens with zero attached hydrogens (tertiary/aromatic N) is 1. The fourth-order valence-electron chi connectivity index (χ4n) is 2.81. The van der Waals surface area contributed by atoms with Crippen molar-refractivity contribution in [2.24, 2.45) is 11.8 Å². The van der Waals surface area contributed by atoms with E-state index in [1.165, 1.54) is 38.9 Å². The highest BCUT2D eigenvalue weighted by Gasteiger charge is 2.38. The van der Waals surface area contributed by atoms with E-state index in [9.17, 15) is 0 Å². The molecule has 1 aliphatic heterocycles. The van der Waals surface area contributed by atoms with Crippen molar-refractivity contribution in [3.8, 4) is 0 Å². The van der Waals surface area contributed by atoms with Crippen LogP contribution in [-0.4, -0.2) is 36.6 Å². The normalized spacial score (nSPS) is 43.4. The summed E-state index contributed by atoms with van der Waals surface area (Å²) < 4.78 is 0. The molecular weight excluding hydrogens is 184 g/mol. The molecule has 1 N–H and O–H groups in total. The van der Waals surface area contributed by atoms with E-state index in [1.807, 2.05) is 0 Å². The van der Waals surface area contributed by atoms with Crippen LogP contribution < -0.4 is 5.32 Å². The minimum absolute atomic E-state index is 0.754. The van der Waals surface area contributed by atoms with Gasteiger partial charge in [-0.1, -0.05) is 20.8 Å². The third kappa shape index (κ3) is 2.94. The van der Waals surface area contributed by atoms with Crippen LogP contribution in [0.1, 0.15) is 40.0 Å². The molecule has 0 aromatic carbocycles. The molecule has 1 saturated heterocycles. The molecule has 1 saturated carbocycles. The summed E-state index contributed by atoms with van der Waals surface area (Å²) in [5.74, 6) is 1.77. The van der Waals surface area contributed by atoms with Gasteiger partial charge in [0, 0.05) is 18.6 Å². The fraction of sp³-hybridized carbons (Fsp3) is 1.00. The average molecular weight is 210 g/mol. The SMILES string of the molecule is CCC1CCN(C2CC2C)CC(C)CN1. The summed E-state index contributed by atoms with van der Waals surface area (Å²) in [4.78, 5) is 2.75. The summed E-state index contributed by atoms with van der Waals surface area (Å²) in [5.41, 5.74) is 0. The van der Waals surface area contributed by atoms with Gasteiger partial charge < -0.3 is 5.32 Å². The monoisotopic (exact) mass is 210 g/mol. The highest BCUT2D eigenvalue weighted by Crippen LogP contribution is 2.35. The van der Waals surface area contributed by atoms with Crippen LogP contribution in [0.25, 0.3) is 0 Å². The van der Waals surface area contributed by atoms with Gasteiger partial charge in [-0.05, 0) is 44.2 Å². The van der Waals surface area contributed by atoms with Crippen LogP contribution >= 0.6 is 0 Å². The van der Waals surface area contributed by atoms with Gasteiger partial charge in [-0.2, -0.15) is 0 Å². The molecule has 15 heavy (non-hydrogen) atoms. The molecule has 0 radical (unpaired) electrons. The molecule has 0 spiro atoms. The molecule has 2 heteroatoms. The third-order valence-corrected chi connectivity index (χ3v) is 4.09. The van der Waals surface area contributed by atoms with Crippen molar-refractivity contribution in [1.82, 2.24) is 10.2 Å². The van der Waals surface area contributed by atoms with Gasteiger partial charge in [0.05, 0.1) is 0 Å². The Kier molecular flexibility index (Phi) is 3.68. The molecule has 1 aliphatic carbocycles. The quantitative estimate of drug-likeness (QED) is 0.751. The average Bonchev–Trinajstić information content (AvgIpc) is 2.90. The zero-order chi connectivity index (χ0) is 10.8. The summed E-state index contributed by atoms with van der Waals surface area (Å²) in [6, 6.07) is 1.67. The van der Waals surface area contributed by atoms with Crippen molar-refractivity contribution in [3.05, 3.63) is 0 Å². The van der Waals surface area contributed by atoms with Crippen molar-refractivity contribution < 1.29 is 0 Å². The Morgan fingerprint density at radius 3 is 2.67 bits per heavy atom. The first-order valence-corrected chi connectivity index (χ1v) is 6.68. The molecule has 2 fully saturated rings. The molecular formula is C13H26N2. The van der Waals surface area contributed by atoms with E-state index in [2.05, 4.69) is 31.0 Å². The molecule has 88 valence electrons. The lowest BCUT2D eigenvalue weighted by Gasteiger charge is -2.32. The maximum atomic E-state index is 3.69. The first-order chi connectivity index (χ1) is 7.20. The van der Waals surface area contributed by atoms with Crippen LogP contribution in [0.3, 0.4) is 0 Å². The lowest BCUT2D eigenvalue weighted by atomic mass is 10.0. The predicted molar refractivity (Wildman–Crippen MR) is 65.0 cm³/mol. The van der Waals surface area contributed by atoms with Crippen LogP contribution in [0.4, 0.5) is 0 Å². The van der Waals surface area contributed by atoms with Crippen LogP contribution in [0.15, 0.2) is 0 Å². The molecule has 0 aromatic rings. The van der Waals surface area contributed by atoms with Gasteiger partial charge in [0.1, 0.15) is 0 Å². The van der Waals surface area contributed by atoms with Crippen LogP contribution in [0.2, 0.25) is 0 Å². The Labute approximate surface area is 94.4 Å². The lowest BCUT2D eigenvalue weighted by molar-refractivity contribution is 0.183. The summed E-state index contributed by atoms with van der Waals surface area (Å²) in [7, 11) is 0. The second-order valence-electron chi connectivity index (χ2n) is 5.68. The van der Waals surface area contributed by atoms with Crippen molar-refractivity contribution in [2.75, 3.05) is 19.6 Å². The van der Waals surface area contributed by atoms with Crippen molar-refractivity contribution >= 4 is 0 Å². The van der Waals surface area contributed by atoms with E-state index in [0.717, 1.165) is 23.9 Å². The Morgan fingerprint density at radius 1 is 1.33 bits per heavy atom. The van der Waals surface area contributed by atoms with Crippen molar-refractivity contribution in [2.45, 2.75) is 52.1 Å². The summed E-state index contributed by atoms with van der Waals surface area (Å²) in [5, 5.41) is 3.69. The topological polar surface area (TPSA) is 15.3 Å². The molecule has 1 heterocycles. The second-order valence-corrected chi connectivity index (χ2v) is 5.68. The van der Waals surface area contributed by atoms with Gasteiger partial charge >= 0.3 is 0 Å². The highest BCUT2D eigenvalue weighted by molar-refractivity contribution is 4.93. The van der Waals surface area contributed by atoms with Gasteiger partial charge in [-0.3, -0.25) is 4.90 Å². The molecule has 2 aliphatic rings. The van der Waals surface area contributed by atoms with E-state index < -0.39 is 0 Å². The standard InChI is InChI=1S/C13H26N2/c1-4-12-5-6-15(13-7-11(13)3)9-10(2)8-14-12/h10-14H,4-9H2,1-3H3. The Hall–Kier alpha value is -0.0800. The molecule has 4 atom stereocenters. The number of hydrogen-bond acceptors (Lipinski definition) is 2. The van der Waals surface area contributed by atoms with E-state index in [4.69, 9.17) is 0 Å². The van der Waals surface area contributed by atoms with Crippen molar-refractivity contribution in [3.63, 3.8) is 0 Å². The van der Waals surface area contributed by atoms with Gasteiger partial charge in [0.2, 0.25) is 0 Å². The molecule has 0 aromatic heterocycles. The molecule has 2 rings (SSSR count). The first kappa shape index (κ1) is 11.4. The Bertz CT molecular complexity index is 205. The maximum Gasteiger partial charge on any atom is 0.0125 e. The Balaban J connectivity index is 1.88. The van der Waals surface area contributed by atoms with Gasteiger partial charge in [-0.25, -0.2) is 0 Å². The molecule has 2 nitrogen and oxygen atoms in total. The zero-order valence-corrected chi connectivity index (χ0v) is 10.5. The van der Waals surface area contributed by atoms with Crippen LogP contribution in [-0.2, 0) is 0 Å². The van der Waals surface area contributed by atoms with Crippen LogP contribution in [0, 0.1) is 11.8 Å². The largest absolute Gasteiger partial charge is 0.314 e. The summed E-state index contributed by atoms with van der Waals surface area (Å²) in [6.45, 7) is 10.9. The van der Waals surface area contributed by atoms with Crippen molar-refractivity contribution in [1.29, 1.82) is 0 Å². The zero-order valence-electron chi connectivity index (χ0n) is 10.5. The highest BCUT2D eigenvalue weighted by atomic mass is 15.2.